The fraction of sp³-hybridized carbons (Fsp3) is 0.0588. The van der Waals surface area contributed by atoms with Crippen molar-refractivity contribution < 1.29 is 4.79 Å². The van der Waals surface area contributed by atoms with E-state index in [1.165, 1.54) is 0 Å². The average molecular weight is 292 g/mol. The van der Waals surface area contributed by atoms with E-state index in [0.29, 0.717) is 0 Å². The number of carbonyl (C=O) groups excluding carboxylic acids is 1. The van der Waals surface area contributed by atoms with Crippen LogP contribution in [0.4, 0.5) is 11.4 Å². The number of hydrogen-bond acceptors (Lipinski definition) is 3. The number of nitrogens with zero attached hydrogens (tertiary/aromatic N) is 2. The third kappa shape index (κ3) is 3.32. The van der Waals surface area contributed by atoms with E-state index >= 15 is 0 Å². The highest BCUT2D eigenvalue weighted by molar-refractivity contribution is 5.76. The Morgan fingerprint density at radius 1 is 1.09 bits per heavy atom. The molecular weight excluding hydrogens is 276 g/mol. The van der Waals surface area contributed by atoms with Crippen molar-refractivity contribution in [2.75, 3.05) is 5.32 Å². The van der Waals surface area contributed by atoms with Gasteiger partial charge in [-0.1, -0.05) is 18.2 Å². The van der Waals surface area contributed by atoms with Gasteiger partial charge in [-0.2, -0.15) is 5.10 Å². The Morgan fingerprint density at radius 2 is 1.91 bits per heavy atom. The molecule has 22 heavy (non-hydrogen) atoms. The van der Waals surface area contributed by atoms with E-state index < -0.39 is 0 Å². The van der Waals surface area contributed by atoms with Crippen LogP contribution < -0.4 is 11.1 Å². The first-order valence-corrected chi connectivity index (χ1v) is 6.95. The van der Waals surface area contributed by atoms with E-state index in [0.717, 1.165) is 22.6 Å². The molecule has 5 nitrogen and oxygen atoms in total. The lowest BCUT2D eigenvalue weighted by molar-refractivity contribution is -0.117. The summed E-state index contributed by atoms with van der Waals surface area (Å²) in [6, 6.07) is 17.5. The molecular formula is C17H16N4O. The standard InChI is InChI=1S/C17H16N4O/c18-17(22)11-13-5-7-14(8-6-13)20-15-3-1-4-16(12-15)21-10-2-9-19-21/h1-10,12,20H,11H2,(H2,18,22). The lowest BCUT2D eigenvalue weighted by Gasteiger charge is -2.09. The number of rotatable bonds is 5. The van der Waals surface area contributed by atoms with Crippen LogP contribution in [0.5, 0.6) is 0 Å². The Hall–Kier alpha value is -3.08. The van der Waals surface area contributed by atoms with Crippen molar-refractivity contribution in [1.29, 1.82) is 0 Å². The van der Waals surface area contributed by atoms with Crippen LogP contribution in [0, 0.1) is 0 Å². The zero-order valence-electron chi connectivity index (χ0n) is 11.9. The number of aromatic nitrogens is 2. The molecule has 0 spiro atoms. The van der Waals surface area contributed by atoms with Crippen molar-refractivity contribution >= 4 is 17.3 Å². The molecule has 110 valence electrons. The highest BCUT2D eigenvalue weighted by Gasteiger charge is 2.01. The van der Waals surface area contributed by atoms with Crippen LogP contribution in [0.15, 0.2) is 67.0 Å². The van der Waals surface area contributed by atoms with Gasteiger partial charge in [0.2, 0.25) is 5.91 Å². The Balaban J connectivity index is 1.76. The minimum absolute atomic E-state index is 0.259. The van der Waals surface area contributed by atoms with E-state index in [9.17, 15) is 4.79 Å². The number of primary amides is 1. The van der Waals surface area contributed by atoms with Gasteiger partial charge < -0.3 is 11.1 Å². The van der Waals surface area contributed by atoms with Crippen molar-refractivity contribution in [3.8, 4) is 5.69 Å². The fourth-order valence-electron chi connectivity index (χ4n) is 2.22. The van der Waals surface area contributed by atoms with E-state index in [1.54, 1.807) is 10.9 Å². The maximum Gasteiger partial charge on any atom is 0.221 e. The second-order valence-electron chi connectivity index (χ2n) is 4.97. The van der Waals surface area contributed by atoms with Crippen molar-refractivity contribution in [2.24, 2.45) is 5.73 Å². The van der Waals surface area contributed by atoms with Crippen molar-refractivity contribution in [2.45, 2.75) is 6.42 Å². The Labute approximate surface area is 128 Å². The van der Waals surface area contributed by atoms with Crippen molar-refractivity contribution in [3.63, 3.8) is 0 Å². The molecule has 0 atom stereocenters. The van der Waals surface area contributed by atoms with Crippen molar-refractivity contribution in [1.82, 2.24) is 9.78 Å². The number of nitrogens with one attached hydrogen (secondary N) is 1. The fourth-order valence-corrected chi connectivity index (χ4v) is 2.22. The van der Waals surface area contributed by atoms with Crippen LogP contribution >= 0.6 is 0 Å². The molecule has 0 radical (unpaired) electrons. The largest absolute Gasteiger partial charge is 0.369 e. The Kier molecular flexibility index (Phi) is 3.87. The monoisotopic (exact) mass is 292 g/mol. The van der Waals surface area contributed by atoms with Gasteiger partial charge in [-0.05, 0) is 42.0 Å². The predicted molar refractivity (Wildman–Crippen MR) is 86.2 cm³/mol. The molecule has 1 aromatic heterocycles. The van der Waals surface area contributed by atoms with Gasteiger partial charge in [-0.15, -0.1) is 0 Å². The zero-order valence-corrected chi connectivity index (χ0v) is 11.9. The van der Waals surface area contributed by atoms with Gasteiger partial charge >= 0.3 is 0 Å². The van der Waals surface area contributed by atoms with Gasteiger partial charge in [-0.3, -0.25) is 4.79 Å². The highest BCUT2D eigenvalue weighted by Crippen LogP contribution is 2.20. The first-order valence-electron chi connectivity index (χ1n) is 6.95. The average Bonchev–Trinajstić information content (AvgIpc) is 3.03. The lowest BCUT2D eigenvalue weighted by Crippen LogP contribution is -2.13. The molecule has 3 N–H and O–H groups in total. The van der Waals surface area contributed by atoms with Crippen molar-refractivity contribution in [3.05, 3.63) is 72.6 Å². The zero-order chi connectivity index (χ0) is 15.4. The molecule has 0 aliphatic carbocycles. The van der Waals surface area contributed by atoms with Crippen LogP contribution in [0.3, 0.4) is 0 Å². The lowest BCUT2D eigenvalue weighted by atomic mass is 10.1. The van der Waals surface area contributed by atoms with E-state index in [4.69, 9.17) is 5.73 Å². The maximum absolute atomic E-state index is 10.9. The van der Waals surface area contributed by atoms with Crippen LogP contribution in [0.1, 0.15) is 5.56 Å². The Bertz CT molecular complexity index is 764. The number of hydrogen-bond donors (Lipinski definition) is 2. The topological polar surface area (TPSA) is 72.9 Å². The van der Waals surface area contributed by atoms with Gasteiger partial charge in [0.25, 0.3) is 0 Å². The van der Waals surface area contributed by atoms with Gasteiger partial charge in [0.15, 0.2) is 0 Å². The first kappa shape index (κ1) is 13.9. The first-order chi connectivity index (χ1) is 10.7. The molecule has 0 aliphatic rings. The van der Waals surface area contributed by atoms with Gasteiger partial charge in [0.05, 0.1) is 12.1 Å². The highest BCUT2D eigenvalue weighted by atomic mass is 16.1. The molecule has 5 heteroatoms. The smallest absolute Gasteiger partial charge is 0.221 e. The van der Waals surface area contributed by atoms with Gasteiger partial charge in [-0.25, -0.2) is 4.68 Å². The molecule has 2 aromatic carbocycles. The van der Waals surface area contributed by atoms with E-state index in [1.807, 2.05) is 60.8 Å². The second-order valence-corrected chi connectivity index (χ2v) is 4.97. The number of amides is 1. The molecule has 0 saturated heterocycles. The molecule has 1 heterocycles. The predicted octanol–water partition coefficient (Wildman–Crippen LogP) is 2.64. The number of anilines is 2. The van der Waals surface area contributed by atoms with Crippen LogP contribution in [-0.4, -0.2) is 15.7 Å². The summed E-state index contributed by atoms with van der Waals surface area (Å²) in [5.74, 6) is -0.326. The summed E-state index contributed by atoms with van der Waals surface area (Å²) in [5, 5.41) is 7.55. The Morgan fingerprint density at radius 3 is 2.59 bits per heavy atom. The van der Waals surface area contributed by atoms with Gasteiger partial charge in [0, 0.05) is 23.8 Å². The summed E-state index contributed by atoms with van der Waals surface area (Å²) in [4.78, 5) is 10.9. The molecule has 1 amide bonds. The van der Waals surface area contributed by atoms with Crippen LogP contribution in [0.2, 0.25) is 0 Å². The molecule has 3 aromatic rings. The molecule has 0 fully saturated rings. The second kappa shape index (κ2) is 6.13. The summed E-state index contributed by atoms with van der Waals surface area (Å²) in [5.41, 5.74) is 9.00. The minimum Gasteiger partial charge on any atom is -0.369 e. The number of nitrogens with two attached hydrogens (primary N) is 1. The van der Waals surface area contributed by atoms with E-state index in [-0.39, 0.29) is 12.3 Å². The maximum atomic E-state index is 10.9. The van der Waals surface area contributed by atoms with Gasteiger partial charge in [0.1, 0.15) is 0 Å². The molecule has 0 bridgehead atoms. The molecule has 0 aliphatic heterocycles. The third-order valence-corrected chi connectivity index (χ3v) is 3.24. The van der Waals surface area contributed by atoms with Crippen LogP contribution in [0.25, 0.3) is 5.69 Å². The normalized spacial score (nSPS) is 10.4. The summed E-state index contributed by atoms with van der Waals surface area (Å²) in [6.45, 7) is 0. The van der Waals surface area contributed by atoms with Crippen LogP contribution in [-0.2, 0) is 11.2 Å². The minimum atomic E-state index is -0.326. The summed E-state index contributed by atoms with van der Waals surface area (Å²) in [6.07, 6.45) is 3.91. The molecule has 3 rings (SSSR count). The molecule has 0 unspecified atom stereocenters. The quantitative estimate of drug-likeness (QED) is 0.759. The summed E-state index contributed by atoms with van der Waals surface area (Å²) >= 11 is 0. The summed E-state index contributed by atoms with van der Waals surface area (Å²) in [7, 11) is 0. The summed E-state index contributed by atoms with van der Waals surface area (Å²) < 4.78 is 1.81. The molecule has 0 saturated carbocycles. The SMILES string of the molecule is NC(=O)Cc1ccc(Nc2cccc(-n3cccn3)c2)cc1. The number of benzene rings is 2. The number of carbonyl (C=O) groups is 1. The van der Waals surface area contributed by atoms with E-state index in [2.05, 4.69) is 10.4 Å². The third-order valence-electron chi connectivity index (χ3n) is 3.24.